The predicted molar refractivity (Wildman–Crippen MR) is 91.0 cm³/mol. The minimum atomic E-state index is 0.568. The van der Waals surface area contributed by atoms with Gasteiger partial charge in [0.1, 0.15) is 17.3 Å². The molecule has 0 aliphatic carbocycles. The highest BCUT2D eigenvalue weighted by Gasteiger charge is 2.15. The van der Waals surface area contributed by atoms with E-state index in [0.717, 1.165) is 41.8 Å². The molecule has 0 radical (unpaired) electrons. The first-order valence-corrected chi connectivity index (χ1v) is 7.79. The summed E-state index contributed by atoms with van der Waals surface area (Å²) in [6, 6.07) is 7.62. The fraction of sp³-hybridized carbons (Fsp3) is 0.412. The third-order valence-corrected chi connectivity index (χ3v) is 3.92. The van der Waals surface area contributed by atoms with E-state index < -0.39 is 0 Å². The summed E-state index contributed by atoms with van der Waals surface area (Å²) in [5, 5.41) is 3.25. The van der Waals surface area contributed by atoms with Gasteiger partial charge in [0.05, 0.1) is 19.9 Å². The zero-order valence-corrected chi connectivity index (χ0v) is 13.8. The second-order valence-electron chi connectivity index (χ2n) is 5.58. The van der Waals surface area contributed by atoms with Gasteiger partial charge < -0.3 is 19.7 Å². The van der Waals surface area contributed by atoms with Gasteiger partial charge in [-0.25, -0.2) is 4.98 Å². The number of ether oxygens (including phenoxy) is 2. The number of hydrogen-bond donors (Lipinski definition) is 1. The fourth-order valence-electron chi connectivity index (χ4n) is 2.75. The Balaban J connectivity index is 1.90. The average Bonchev–Trinajstić information content (AvgIpc) is 3.08. The Morgan fingerprint density at radius 1 is 1.04 bits per heavy atom. The van der Waals surface area contributed by atoms with Gasteiger partial charge in [-0.3, -0.25) is 0 Å². The molecule has 1 aromatic carbocycles. The van der Waals surface area contributed by atoms with Gasteiger partial charge in [-0.1, -0.05) is 0 Å². The van der Waals surface area contributed by atoms with Gasteiger partial charge in [0.15, 0.2) is 0 Å². The number of nitrogens with zero attached hydrogens (tertiary/aromatic N) is 3. The standard InChI is InChI=1S/C17H22N4O2/c1-12-10-16(21-8-4-5-9-21)20-17(18-12)19-14-11-13(22-2)6-7-15(14)23-3/h6-7,10-11H,4-5,8-9H2,1-3H3,(H,18,19,20). The molecule has 2 heterocycles. The quantitative estimate of drug-likeness (QED) is 0.915. The third kappa shape index (κ3) is 3.47. The van der Waals surface area contributed by atoms with Crippen molar-refractivity contribution < 1.29 is 9.47 Å². The maximum absolute atomic E-state index is 5.39. The highest BCUT2D eigenvalue weighted by atomic mass is 16.5. The monoisotopic (exact) mass is 314 g/mol. The molecule has 6 nitrogen and oxygen atoms in total. The number of rotatable bonds is 5. The van der Waals surface area contributed by atoms with Gasteiger partial charge >= 0.3 is 0 Å². The van der Waals surface area contributed by atoms with Gasteiger partial charge in [0, 0.05) is 30.9 Å². The number of benzene rings is 1. The van der Waals surface area contributed by atoms with E-state index in [1.54, 1.807) is 14.2 Å². The maximum Gasteiger partial charge on any atom is 0.229 e. The topological polar surface area (TPSA) is 59.5 Å². The molecule has 2 aromatic rings. The molecule has 122 valence electrons. The minimum Gasteiger partial charge on any atom is -0.497 e. The Hall–Kier alpha value is -2.50. The summed E-state index contributed by atoms with van der Waals surface area (Å²) in [4.78, 5) is 11.4. The molecule has 0 atom stereocenters. The lowest BCUT2D eigenvalue weighted by Crippen LogP contribution is -2.19. The van der Waals surface area contributed by atoms with Crippen molar-refractivity contribution in [1.82, 2.24) is 9.97 Å². The van der Waals surface area contributed by atoms with E-state index in [1.807, 2.05) is 31.2 Å². The summed E-state index contributed by atoms with van der Waals surface area (Å²) in [5.74, 6) is 3.01. The van der Waals surface area contributed by atoms with Crippen molar-refractivity contribution in [3.8, 4) is 11.5 Å². The molecular weight excluding hydrogens is 292 g/mol. The van der Waals surface area contributed by atoms with Gasteiger partial charge in [-0.2, -0.15) is 4.98 Å². The van der Waals surface area contributed by atoms with Crippen LogP contribution in [0.15, 0.2) is 24.3 Å². The number of hydrogen-bond acceptors (Lipinski definition) is 6. The Bertz CT molecular complexity index is 684. The van der Waals surface area contributed by atoms with Gasteiger partial charge in [0.25, 0.3) is 0 Å². The molecule has 1 fully saturated rings. The van der Waals surface area contributed by atoms with Gasteiger partial charge in [-0.15, -0.1) is 0 Å². The molecule has 1 aromatic heterocycles. The predicted octanol–water partition coefficient (Wildman–Crippen LogP) is 3.15. The average molecular weight is 314 g/mol. The summed E-state index contributed by atoms with van der Waals surface area (Å²) in [5.41, 5.74) is 1.72. The highest BCUT2D eigenvalue weighted by Crippen LogP contribution is 2.31. The second kappa shape index (κ2) is 6.73. The summed E-state index contributed by atoms with van der Waals surface area (Å²) in [6.07, 6.45) is 2.44. The van der Waals surface area contributed by atoms with Crippen molar-refractivity contribution in [2.75, 3.05) is 37.5 Å². The van der Waals surface area contributed by atoms with E-state index >= 15 is 0 Å². The molecule has 0 bridgehead atoms. The molecule has 0 amide bonds. The lowest BCUT2D eigenvalue weighted by molar-refractivity contribution is 0.405. The number of aryl methyl sites for hydroxylation is 1. The van der Waals surface area contributed by atoms with Crippen molar-refractivity contribution in [3.05, 3.63) is 30.0 Å². The zero-order valence-electron chi connectivity index (χ0n) is 13.8. The van der Waals surface area contributed by atoms with E-state index in [9.17, 15) is 0 Å². The van der Waals surface area contributed by atoms with E-state index in [4.69, 9.17) is 9.47 Å². The van der Waals surface area contributed by atoms with Gasteiger partial charge in [-0.05, 0) is 31.9 Å². The molecule has 1 aliphatic heterocycles. The molecule has 0 saturated carbocycles. The van der Waals surface area contributed by atoms with Crippen LogP contribution in [0.25, 0.3) is 0 Å². The van der Waals surface area contributed by atoms with Crippen LogP contribution in [0.5, 0.6) is 11.5 Å². The number of nitrogens with one attached hydrogen (secondary N) is 1. The second-order valence-corrected chi connectivity index (χ2v) is 5.58. The van der Waals surface area contributed by atoms with Crippen LogP contribution in [0, 0.1) is 6.92 Å². The first-order valence-electron chi connectivity index (χ1n) is 7.79. The number of aromatic nitrogens is 2. The van der Waals surface area contributed by atoms with Crippen LogP contribution in [0.3, 0.4) is 0 Å². The number of anilines is 3. The van der Waals surface area contributed by atoms with Crippen molar-refractivity contribution in [2.24, 2.45) is 0 Å². The molecule has 6 heteroatoms. The number of methoxy groups -OCH3 is 2. The van der Waals surface area contributed by atoms with Crippen molar-refractivity contribution >= 4 is 17.5 Å². The van der Waals surface area contributed by atoms with E-state index in [1.165, 1.54) is 12.8 Å². The minimum absolute atomic E-state index is 0.568. The van der Waals surface area contributed by atoms with Crippen LogP contribution in [-0.2, 0) is 0 Å². The van der Waals surface area contributed by atoms with E-state index in [0.29, 0.717) is 5.95 Å². The molecule has 1 saturated heterocycles. The van der Waals surface area contributed by atoms with Crippen molar-refractivity contribution in [1.29, 1.82) is 0 Å². The van der Waals surface area contributed by atoms with E-state index in [-0.39, 0.29) is 0 Å². The first-order chi connectivity index (χ1) is 11.2. The van der Waals surface area contributed by atoms with Crippen LogP contribution >= 0.6 is 0 Å². The molecule has 0 unspecified atom stereocenters. The Morgan fingerprint density at radius 3 is 2.52 bits per heavy atom. The van der Waals surface area contributed by atoms with Crippen LogP contribution in [-0.4, -0.2) is 37.3 Å². The Kier molecular flexibility index (Phi) is 4.50. The normalized spacial score (nSPS) is 14.0. The summed E-state index contributed by atoms with van der Waals surface area (Å²) >= 11 is 0. The summed E-state index contributed by atoms with van der Waals surface area (Å²) < 4.78 is 10.7. The molecule has 0 spiro atoms. The summed E-state index contributed by atoms with van der Waals surface area (Å²) in [7, 11) is 3.28. The van der Waals surface area contributed by atoms with Crippen molar-refractivity contribution in [2.45, 2.75) is 19.8 Å². The Morgan fingerprint density at radius 2 is 1.83 bits per heavy atom. The molecule has 1 N–H and O–H groups in total. The molecule has 23 heavy (non-hydrogen) atoms. The lowest BCUT2D eigenvalue weighted by atomic mass is 10.2. The lowest BCUT2D eigenvalue weighted by Gasteiger charge is -2.18. The van der Waals surface area contributed by atoms with Crippen molar-refractivity contribution in [3.63, 3.8) is 0 Å². The molecule has 1 aliphatic rings. The smallest absolute Gasteiger partial charge is 0.229 e. The van der Waals surface area contributed by atoms with Crippen LogP contribution in [0.1, 0.15) is 18.5 Å². The fourth-order valence-corrected chi connectivity index (χ4v) is 2.75. The Labute approximate surface area is 136 Å². The highest BCUT2D eigenvalue weighted by molar-refractivity contribution is 5.65. The molecular formula is C17H22N4O2. The zero-order chi connectivity index (χ0) is 16.2. The largest absolute Gasteiger partial charge is 0.497 e. The molecule has 3 rings (SSSR count). The van der Waals surface area contributed by atoms with Gasteiger partial charge in [0.2, 0.25) is 5.95 Å². The first kappa shape index (κ1) is 15.4. The van der Waals surface area contributed by atoms with E-state index in [2.05, 4.69) is 20.2 Å². The van der Waals surface area contributed by atoms with Crippen LogP contribution in [0.2, 0.25) is 0 Å². The van der Waals surface area contributed by atoms with Crippen LogP contribution < -0.4 is 19.7 Å². The van der Waals surface area contributed by atoms with Crippen LogP contribution in [0.4, 0.5) is 17.5 Å². The maximum atomic E-state index is 5.39. The SMILES string of the molecule is COc1ccc(OC)c(Nc2nc(C)cc(N3CCCC3)n2)c1. The summed E-state index contributed by atoms with van der Waals surface area (Å²) in [6.45, 7) is 4.09. The third-order valence-electron chi connectivity index (χ3n) is 3.92.